The number of hydrogen-bond donors (Lipinski definition) is 1. The molecule has 0 heterocycles. The first-order valence-electron chi connectivity index (χ1n) is 3.90. The fraction of sp³-hybridized carbons (Fsp3) is 0.333. The summed E-state index contributed by atoms with van der Waals surface area (Å²) >= 11 is 2.81. The van der Waals surface area contributed by atoms with Gasteiger partial charge in [0.1, 0.15) is 11.6 Å². The first-order chi connectivity index (χ1) is 6.16. The second-order valence-corrected chi connectivity index (χ2v) is 3.45. The monoisotopic (exact) mass is 250 g/mol. The Labute approximate surface area is 83.5 Å². The van der Waals surface area contributed by atoms with Crippen LogP contribution >= 0.6 is 15.9 Å². The van der Waals surface area contributed by atoms with Gasteiger partial charge in [0.15, 0.2) is 0 Å². The molecule has 4 heteroatoms. The molecule has 0 bridgehead atoms. The Bertz CT molecular complexity index is 302. The molecule has 1 nitrogen and oxygen atoms in total. The lowest BCUT2D eigenvalue weighted by molar-refractivity contribution is 0.288. The summed E-state index contributed by atoms with van der Waals surface area (Å²) in [7, 11) is 0. The third-order valence-electron chi connectivity index (χ3n) is 1.72. The minimum absolute atomic E-state index is 0.00837. The van der Waals surface area contributed by atoms with Crippen LogP contribution in [0.4, 0.5) is 8.78 Å². The van der Waals surface area contributed by atoms with Crippen LogP contribution in [-0.4, -0.2) is 11.7 Å². The molecule has 0 unspecified atom stereocenters. The molecule has 1 aromatic rings. The van der Waals surface area contributed by atoms with Crippen molar-refractivity contribution < 1.29 is 13.9 Å². The summed E-state index contributed by atoms with van der Waals surface area (Å²) < 4.78 is 25.8. The van der Waals surface area contributed by atoms with Crippen molar-refractivity contribution in [3.8, 4) is 0 Å². The Kier molecular flexibility index (Phi) is 3.81. The quantitative estimate of drug-likeness (QED) is 0.819. The summed E-state index contributed by atoms with van der Waals surface area (Å²) in [6, 6.07) is 2.60. The van der Waals surface area contributed by atoms with Gasteiger partial charge in [-0.15, -0.1) is 0 Å². The van der Waals surface area contributed by atoms with Crippen LogP contribution in [0.1, 0.15) is 12.0 Å². The highest BCUT2D eigenvalue weighted by atomic mass is 79.9. The molecular formula is C9H9BrF2O. The van der Waals surface area contributed by atoms with Gasteiger partial charge in [0, 0.05) is 6.61 Å². The summed E-state index contributed by atoms with van der Waals surface area (Å²) in [5.74, 6) is -1.18. The van der Waals surface area contributed by atoms with Crippen molar-refractivity contribution in [2.75, 3.05) is 6.61 Å². The van der Waals surface area contributed by atoms with E-state index >= 15 is 0 Å². The fourth-order valence-electron chi connectivity index (χ4n) is 1.03. The number of aliphatic hydroxyl groups is 1. The maximum Gasteiger partial charge on any atom is 0.143 e. The molecule has 13 heavy (non-hydrogen) atoms. The van der Waals surface area contributed by atoms with E-state index in [9.17, 15) is 8.78 Å². The van der Waals surface area contributed by atoms with E-state index in [0.717, 1.165) is 0 Å². The summed E-state index contributed by atoms with van der Waals surface area (Å²) in [4.78, 5) is 0. The molecule has 0 saturated heterocycles. The normalized spacial score (nSPS) is 10.5. The van der Waals surface area contributed by atoms with Gasteiger partial charge < -0.3 is 5.11 Å². The van der Waals surface area contributed by atoms with E-state index in [-0.39, 0.29) is 11.1 Å². The second kappa shape index (κ2) is 4.67. The lowest BCUT2D eigenvalue weighted by Crippen LogP contribution is -1.96. The predicted octanol–water partition coefficient (Wildman–Crippen LogP) is 2.65. The van der Waals surface area contributed by atoms with E-state index in [1.807, 2.05) is 0 Å². The molecule has 72 valence electrons. The Morgan fingerprint density at radius 1 is 1.31 bits per heavy atom. The Morgan fingerprint density at radius 3 is 2.62 bits per heavy atom. The van der Waals surface area contributed by atoms with Gasteiger partial charge in [-0.05, 0) is 40.4 Å². The summed E-state index contributed by atoms with van der Waals surface area (Å²) in [6.07, 6.45) is 0.899. The maximum absolute atomic E-state index is 13.2. The molecular weight excluding hydrogens is 242 g/mol. The van der Waals surface area contributed by atoms with Crippen molar-refractivity contribution in [3.05, 3.63) is 33.8 Å². The Balaban J connectivity index is 2.90. The van der Waals surface area contributed by atoms with Crippen LogP contribution in [-0.2, 0) is 6.42 Å². The van der Waals surface area contributed by atoms with E-state index in [1.54, 1.807) is 0 Å². The largest absolute Gasteiger partial charge is 0.396 e. The van der Waals surface area contributed by atoms with E-state index in [4.69, 9.17) is 5.11 Å². The molecule has 1 rings (SSSR count). The Hall–Kier alpha value is -0.480. The number of rotatable bonds is 3. The zero-order valence-electron chi connectivity index (χ0n) is 6.86. The smallest absolute Gasteiger partial charge is 0.143 e. The van der Waals surface area contributed by atoms with E-state index in [1.165, 1.54) is 12.1 Å². The van der Waals surface area contributed by atoms with Crippen LogP contribution < -0.4 is 0 Å². The maximum atomic E-state index is 13.2. The highest BCUT2D eigenvalue weighted by Gasteiger charge is 2.10. The minimum atomic E-state index is -0.606. The number of hydrogen-bond acceptors (Lipinski definition) is 1. The summed E-state index contributed by atoms with van der Waals surface area (Å²) in [5.41, 5.74) is 0.419. The van der Waals surface area contributed by atoms with Gasteiger partial charge >= 0.3 is 0 Å². The molecule has 0 saturated carbocycles. The number of aryl methyl sites for hydroxylation is 1. The molecule has 1 N–H and O–H groups in total. The first kappa shape index (κ1) is 10.6. The van der Waals surface area contributed by atoms with Crippen LogP contribution in [0.25, 0.3) is 0 Å². The van der Waals surface area contributed by atoms with E-state index in [2.05, 4.69) is 15.9 Å². The van der Waals surface area contributed by atoms with Gasteiger partial charge in [-0.25, -0.2) is 8.78 Å². The van der Waals surface area contributed by atoms with E-state index < -0.39 is 11.6 Å². The van der Waals surface area contributed by atoms with Gasteiger partial charge in [-0.1, -0.05) is 6.07 Å². The van der Waals surface area contributed by atoms with Gasteiger partial charge in [-0.3, -0.25) is 0 Å². The number of aliphatic hydroxyl groups excluding tert-OH is 1. The molecule has 0 aromatic heterocycles. The molecule has 0 aliphatic heterocycles. The molecule has 0 spiro atoms. The molecule has 0 aliphatic rings. The molecule has 0 aliphatic carbocycles. The van der Waals surface area contributed by atoms with Crippen molar-refractivity contribution in [2.45, 2.75) is 12.8 Å². The van der Waals surface area contributed by atoms with Gasteiger partial charge in [-0.2, -0.15) is 0 Å². The van der Waals surface area contributed by atoms with Crippen molar-refractivity contribution in [3.63, 3.8) is 0 Å². The first-order valence-corrected chi connectivity index (χ1v) is 4.69. The van der Waals surface area contributed by atoms with Crippen LogP contribution in [0.2, 0.25) is 0 Å². The third-order valence-corrected chi connectivity index (χ3v) is 2.45. The third kappa shape index (κ3) is 2.48. The number of halogens is 3. The zero-order valence-corrected chi connectivity index (χ0v) is 8.44. The molecule has 0 atom stereocenters. The zero-order chi connectivity index (χ0) is 9.84. The fourth-order valence-corrected chi connectivity index (χ4v) is 1.42. The molecule has 0 amide bonds. The van der Waals surface area contributed by atoms with Crippen molar-refractivity contribution >= 4 is 15.9 Å². The highest BCUT2D eigenvalue weighted by molar-refractivity contribution is 9.10. The summed E-state index contributed by atoms with van der Waals surface area (Å²) in [6.45, 7) is 0.00837. The average molecular weight is 251 g/mol. The van der Waals surface area contributed by atoms with Gasteiger partial charge in [0.2, 0.25) is 0 Å². The topological polar surface area (TPSA) is 20.2 Å². The average Bonchev–Trinajstić information content (AvgIpc) is 2.13. The van der Waals surface area contributed by atoms with E-state index in [0.29, 0.717) is 18.4 Å². The number of benzene rings is 1. The summed E-state index contributed by atoms with van der Waals surface area (Å²) in [5, 5.41) is 8.53. The van der Waals surface area contributed by atoms with Crippen molar-refractivity contribution in [1.82, 2.24) is 0 Å². The lowest BCUT2D eigenvalue weighted by atomic mass is 10.1. The molecule has 0 fully saturated rings. The van der Waals surface area contributed by atoms with Crippen LogP contribution in [0.3, 0.4) is 0 Å². The standard InChI is InChI=1S/C9H9BrF2O/c10-8-7(11)4-3-6(9(8)12)2-1-5-13/h3-4,13H,1-2,5H2. The van der Waals surface area contributed by atoms with Gasteiger partial charge in [0.25, 0.3) is 0 Å². The van der Waals surface area contributed by atoms with Crippen LogP contribution in [0.5, 0.6) is 0 Å². The molecule has 0 radical (unpaired) electrons. The SMILES string of the molecule is OCCCc1ccc(F)c(Br)c1F. The van der Waals surface area contributed by atoms with Gasteiger partial charge in [0.05, 0.1) is 4.47 Å². The second-order valence-electron chi connectivity index (χ2n) is 2.66. The highest BCUT2D eigenvalue weighted by Crippen LogP contribution is 2.23. The lowest BCUT2D eigenvalue weighted by Gasteiger charge is -2.03. The molecule has 1 aromatic carbocycles. The minimum Gasteiger partial charge on any atom is -0.396 e. The van der Waals surface area contributed by atoms with Crippen LogP contribution in [0.15, 0.2) is 16.6 Å². The van der Waals surface area contributed by atoms with Crippen molar-refractivity contribution in [2.24, 2.45) is 0 Å². The predicted molar refractivity (Wildman–Crippen MR) is 49.5 cm³/mol. The Morgan fingerprint density at radius 2 is 2.00 bits per heavy atom. The van der Waals surface area contributed by atoms with Crippen molar-refractivity contribution in [1.29, 1.82) is 0 Å². The van der Waals surface area contributed by atoms with Crippen LogP contribution in [0, 0.1) is 11.6 Å².